The van der Waals surface area contributed by atoms with Crippen molar-refractivity contribution in [2.45, 2.75) is 32.9 Å². The molecule has 1 aromatic rings. The normalized spacial score (nSPS) is 10.5. The van der Waals surface area contributed by atoms with E-state index in [1.807, 2.05) is 6.20 Å². The van der Waals surface area contributed by atoms with Crippen LogP contribution in [0.15, 0.2) is 12.4 Å². The Balaban J connectivity index is 2.51. The standard InChI is InChI=1S/C9H16N2O/c1-3-4-6-11-7-5-10-9(11)8-12-2/h5,7H,3-4,6,8H2,1-2H3/p+1. The molecule has 1 N–H and O–H groups in total. The van der Waals surface area contributed by atoms with Gasteiger partial charge in [0, 0.05) is 7.11 Å². The molecule has 0 fully saturated rings. The van der Waals surface area contributed by atoms with E-state index in [-0.39, 0.29) is 0 Å². The number of nitrogens with zero attached hydrogens (tertiary/aromatic N) is 1. The Bertz CT molecular complexity index is 220. The molecule has 1 aromatic heterocycles. The lowest BCUT2D eigenvalue weighted by Crippen LogP contribution is -2.36. The summed E-state index contributed by atoms with van der Waals surface area (Å²) in [6.07, 6.45) is 6.46. The average molecular weight is 169 g/mol. The van der Waals surface area contributed by atoms with E-state index in [4.69, 9.17) is 4.74 Å². The van der Waals surface area contributed by atoms with Crippen molar-refractivity contribution in [1.29, 1.82) is 0 Å². The summed E-state index contributed by atoms with van der Waals surface area (Å²) in [5.41, 5.74) is 0. The molecule has 68 valence electrons. The van der Waals surface area contributed by atoms with Crippen LogP contribution in [-0.4, -0.2) is 12.1 Å². The summed E-state index contributed by atoms with van der Waals surface area (Å²) >= 11 is 0. The molecule has 0 aliphatic heterocycles. The lowest BCUT2D eigenvalue weighted by Gasteiger charge is -1.97. The molecule has 0 radical (unpaired) electrons. The van der Waals surface area contributed by atoms with Crippen LogP contribution in [0.25, 0.3) is 0 Å². The summed E-state index contributed by atoms with van der Waals surface area (Å²) in [5, 5.41) is 0. The first-order valence-corrected chi connectivity index (χ1v) is 4.43. The third-order valence-corrected chi connectivity index (χ3v) is 1.88. The number of nitrogens with one attached hydrogen (secondary N) is 1. The molecule has 0 atom stereocenters. The topological polar surface area (TPSA) is 28.9 Å². The maximum absolute atomic E-state index is 5.05. The highest BCUT2D eigenvalue weighted by Gasteiger charge is 2.07. The van der Waals surface area contributed by atoms with E-state index in [2.05, 4.69) is 22.7 Å². The van der Waals surface area contributed by atoms with Crippen molar-refractivity contribution in [3.05, 3.63) is 18.2 Å². The first kappa shape index (κ1) is 9.26. The summed E-state index contributed by atoms with van der Waals surface area (Å²) in [5.74, 6) is 1.14. The Morgan fingerprint density at radius 1 is 1.58 bits per heavy atom. The van der Waals surface area contributed by atoms with E-state index in [0.29, 0.717) is 6.61 Å². The zero-order valence-corrected chi connectivity index (χ0v) is 7.84. The predicted molar refractivity (Wildman–Crippen MR) is 46.6 cm³/mol. The molecule has 0 saturated carbocycles. The van der Waals surface area contributed by atoms with Crippen LogP contribution < -0.4 is 4.57 Å². The van der Waals surface area contributed by atoms with Crippen LogP contribution in [0.4, 0.5) is 0 Å². The number of methoxy groups -OCH3 is 1. The monoisotopic (exact) mass is 169 g/mol. The van der Waals surface area contributed by atoms with Gasteiger partial charge in [-0.25, -0.2) is 9.55 Å². The van der Waals surface area contributed by atoms with Crippen LogP contribution in [0, 0.1) is 0 Å². The van der Waals surface area contributed by atoms with Gasteiger partial charge in [-0.05, 0) is 6.42 Å². The van der Waals surface area contributed by atoms with Crippen LogP contribution in [0.5, 0.6) is 0 Å². The van der Waals surface area contributed by atoms with Gasteiger partial charge >= 0.3 is 0 Å². The van der Waals surface area contributed by atoms with Gasteiger partial charge in [-0.3, -0.25) is 0 Å². The highest BCUT2D eigenvalue weighted by atomic mass is 16.5. The van der Waals surface area contributed by atoms with E-state index in [9.17, 15) is 0 Å². The molecule has 0 bridgehead atoms. The molecule has 0 saturated heterocycles. The molecule has 0 aliphatic rings. The molecule has 3 nitrogen and oxygen atoms in total. The molecule has 0 aliphatic carbocycles. The minimum atomic E-state index is 0.663. The van der Waals surface area contributed by atoms with Gasteiger partial charge in [0.2, 0.25) is 0 Å². The first-order valence-electron chi connectivity index (χ1n) is 4.43. The maximum Gasteiger partial charge on any atom is 0.280 e. The van der Waals surface area contributed by atoms with Crippen molar-refractivity contribution in [3.8, 4) is 0 Å². The molecule has 3 heteroatoms. The third kappa shape index (κ3) is 2.34. The minimum Gasteiger partial charge on any atom is -0.372 e. The van der Waals surface area contributed by atoms with Crippen LogP contribution in [0.1, 0.15) is 25.6 Å². The molecule has 0 unspecified atom stereocenters. The lowest BCUT2D eigenvalue weighted by atomic mass is 10.3. The summed E-state index contributed by atoms with van der Waals surface area (Å²) in [4.78, 5) is 3.15. The van der Waals surface area contributed by atoms with E-state index in [1.54, 1.807) is 7.11 Å². The van der Waals surface area contributed by atoms with E-state index in [1.165, 1.54) is 12.8 Å². The number of aromatic nitrogens is 2. The number of rotatable bonds is 5. The van der Waals surface area contributed by atoms with Crippen LogP contribution in [-0.2, 0) is 17.9 Å². The average Bonchev–Trinajstić information content (AvgIpc) is 2.50. The van der Waals surface area contributed by atoms with Crippen molar-refractivity contribution in [3.63, 3.8) is 0 Å². The smallest absolute Gasteiger partial charge is 0.280 e. The summed E-state index contributed by atoms with van der Waals surface area (Å²) in [6, 6.07) is 0. The second-order valence-corrected chi connectivity index (χ2v) is 2.89. The van der Waals surface area contributed by atoms with E-state index in [0.717, 1.165) is 12.4 Å². The van der Waals surface area contributed by atoms with Gasteiger partial charge in [0.25, 0.3) is 5.82 Å². The fourth-order valence-electron chi connectivity index (χ4n) is 1.20. The van der Waals surface area contributed by atoms with Gasteiger partial charge in [-0.1, -0.05) is 13.3 Å². The molecule has 1 heterocycles. The summed E-state index contributed by atoms with van der Waals surface area (Å²) < 4.78 is 7.26. The zero-order chi connectivity index (χ0) is 8.81. The number of imidazole rings is 1. The number of aromatic amines is 1. The molecular formula is C9H17N2O+. The van der Waals surface area contributed by atoms with Gasteiger partial charge in [-0.15, -0.1) is 0 Å². The molecular weight excluding hydrogens is 152 g/mol. The fourth-order valence-corrected chi connectivity index (χ4v) is 1.20. The van der Waals surface area contributed by atoms with Crippen molar-refractivity contribution in [2.75, 3.05) is 7.11 Å². The quantitative estimate of drug-likeness (QED) is 0.660. The molecule has 0 aromatic carbocycles. The van der Waals surface area contributed by atoms with Gasteiger partial charge in [0.15, 0.2) is 0 Å². The Morgan fingerprint density at radius 3 is 3.08 bits per heavy atom. The van der Waals surface area contributed by atoms with Gasteiger partial charge in [-0.2, -0.15) is 0 Å². The largest absolute Gasteiger partial charge is 0.372 e. The van der Waals surface area contributed by atoms with Crippen LogP contribution in [0.3, 0.4) is 0 Å². The Kier molecular flexibility index (Phi) is 3.80. The van der Waals surface area contributed by atoms with Crippen molar-refractivity contribution in [1.82, 2.24) is 4.98 Å². The highest BCUT2D eigenvalue weighted by Crippen LogP contribution is 1.92. The second kappa shape index (κ2) is 4.93. The number of hydrogen-bond acceptors (Lipinski definition) is 1. The maximum atomic E-state index is 5.05. The number of unbranched alkanes of at least 4 members (excludes halogenated alkanes) is 1. The summed E-state index contributed by atoms with van der Waals surface area (Å²) in [6.45, 7) is 3.94. The highest BCUT2D eigenvalue weighted by molar-refractivity contribution is 4.73. The van der Waals surface area contributed by atoms with E-state index >= 15 is 0 Å². The zero-order valence-electron chi connectivity index (χ0n) is 7.84. The number of ether oxygens (including phenoxy) is 1. The van der Waals surface area contributed by atoms with E-state index < -0.39 is 0 Å². The number of H-pyrrole nitrogens is 1. The first-order chi connectivity index (χ1) is 5.88. The number of hydrogen-bond donors (Lipinski definition) is 1. The number of aryl methyl sites for hydroxylation is 1. The molecule has 0 spiro atoms. The Morgan fingerprint density at radius 2 is 2.42 bits per heavy atom. The third-order valence-electron chi connectivity index (χ3n) is 1.88. The second-order valence-electron chi connectivity index (χ2n) is 2.89. The minimum absolute atomic E-state index is 0.663. The van der Waals surface area contributed by atoms with Crippen LogP contribution >= 0.6 is 0 Å². The van der Waals surface area contributed by atoms with Crippen molar-refractivity contribution in [2.24, 2.45) is 0 Å². The lowest BCUT2D eigenvalue weighted by molar-refractivity contribution is -0.705. The van der Waals surface area contributed by atoms with Gasteiger partial charge in [0.05, 0.1) is 6.54 Å². The molecule has 12 heavy (non-hydrogen) atoms. The SMILES string of the molecule is CCCC[n+]1cc[nH]c1COC. The van der Waals surface area contributed by atoms with Crippen molar-refractivity contribution >= 4 is 0 Å². The molecule has 1 rings (SSSR count). The predicted octanol–water partition coefficient (Wildman–Crippen LogP) is 1.25. The summed E-state index contributed by atoms with van der Waals surface area (Å²) in [7, 11) is 1.71. The van der Waals surface area contributed by atoms with Gasteiger partial charge in [0.1, 0.15) is 19.0 Å². The molecule has 0 amide bonds. The Hall–Kier alpha value is -0.830. The van der Waals surface area contributed by atoms with Crippen molar-refractivity contribution < 1.29 is 9.30 Å². The van der Waals surface area contributed by atoms with Gasteiger partial charge < -0.3 is 4.74 Å². The van der Waals surface area contributed by atoms with Crippen LogP contribution in [0.2, 0.25) is 0 Å². The Labute approximate surface area is 73.4 Å². The fraction of sp³-hybridized carbons (Fsp3) is 0.667.